The third-order valence-corrected chi connectivity index (χ3v) is 3.49. The highest BCUT2D eigenvalue weighted by atomic mass is 19.3. The van der Waals surface area contributed by atoms with Crippen LogP contribution in [0.3, 0.4) is 0 Å². The molecule has 1 saturated heterocycles. The highest BCUT2D eigenvalue weighted by Crippen LogP contribution is 2.26. The summed E-state index contributed by atoms with van der Waals surface area (Å²) in [7, 11) is 0. The number of nitrogens with one attached hydrogen (secondary N) is 1. The molecule has 0 aliphatic carbocycles. The van der Waals surface area contributed by atoms with E-state index >= 15 is 0 Å². The lowest BCUT2D eigenvalue weighted by Gasteiger charge is -2.16. The standard InChI is InChI=1S/C14H18F2N2O/c1-10-4-3-5-12(11(10)2)17-13(19)8-18-7-6-14(15,16)9-18/h3-5H,6-9H2,1-2H3,(H,17,19). The van der Waals surface area contributed by atoms with E-state index in [2.05, 4.69) is 5.32 Å². The highest BCUT2D eigenvalue weighted by Gasteiger charge is 2.38. The smallest absolute Gasteiger partial charge is 0.261 e. The van der Waals surface area contributed by atoms with Crippen LogP contribution in [0.2, 0.25) is 0 Å². The summed E-state index contributed by atoms with van der Waals surface area (Å²) in [6, 6.07) is 5.65. The van der Waals surface area contributed by atoms with Gasteiger partial charge in [-0.3, -0.25) is 9.69 Å². The van der Waals surface area contributed by atoms with Gasteiger partial charge in [-0.1, -0.05) is 12.1 Å². The van der Waals surface area contributed by atoms with Crippen LogP contribution in [0.5, 0.6) is 0 Å². The van der Waals surface area contributed by atoms with E-state index in [9.17, 15) is 13.6 Å². The molecule has 0 radical (unpaired) electrons. The van der Waals surface area contributed by atoms with E-state index in [-0.39, 0.29) is 32.0 Å². The van der Waals surface area contributed by atoms with Crippen LogP contribution in [0.25, 0.3) is 0 Å². The van der Waals surface area contributed by atoms with Crippen molar-refractivity contribution < 1.29 is 13.6 Å². The summed E-state index contributed by atoms with van der Waals surface area (Å²) >= 11 is 0. The molecule has 5 heteroatoms. The molecule has 1 aliphatic rings. The second-order valence-electron chi connectivity index (χ2n) is 5.11. The molecule has 3 nitrogen and oxygen atoms in total. The molecule has 104 valence electrons. The topological polar surface area (TPSA) is 32.3 Å². The summed E-state index contributed by atoms with van der Waals surface area (Å²) in [4.78, 5) is 13.3. The Labute approximate surface area is 111 Å². The van der Waals surface area contributed by atoms with Crippen molar-refractivity contribution in [3.05, 3.63) is 29.3 Å². The number of halogens is 2. The number of anilines is 1. The first kappa shape index (κ1) is 13.9. The summed E-state index contributed by atoms with van der Waals surface area (Å²) in [5.74, 6) is -2.90. The van der Waals surface area contributed by atoms with Crippen LogP contribution in [-0.4, -0.2) is 36.4 Å². The quantitative estimate of drug-likeness (QED) is 0.914. The zero-order valence-electron chi connectivity index (χ0n) is 11.2. The zero-order valence-corrected chi connectivity index (χ0v) is 11.2. The molecule has 0 unspecified atom stereocenters. The number of rotatable bonds is 3. The Balaban J connectivity index is 1.93. The van der Waals surface area contributed by atoms with Crippen LogP contribution in [0.1, 0.15) is 17.5 Å². The predicted octanol–water partition coefficient (Wildman–Crippen LogP) is 2.58. The SMILES string of the molecule is Cc1cccc(NC(=O)CN2CCC(F)(F)C2)c1C. The number of nitrogens with zero attached hydrogens (tertiary/aromatic N) is 1. The number of aryl methyl sites for hydroxylation is 1. The number of likely N-dealkylation sites (tertiary alicyclic amines) is 1. The Morgan fingerprint density at radius 1 is 1.42 bits per heavy atom. The summed E-state index contributed by atoms with van der Waals surface area (Å²) in [6.45, 7) is 3.85. The number of amides is 1. The van der Waals surface area contributed by atoms with Crippen molar-refractivity contribution in [1.82, 2.24) is 4.90 Å². The van der Waals surface area contributed by atoms with Crippen molar-refractivity contribution in [3.63, 3.8) is 0 Å². The molecule has 19 heavy (non-hydrogen) atoms. The van der Waals surface area contributed by atoms with E-state index in [4.69, 9.17) is 0 Å². The van der Waals surface area contributed by atoms with Gasteiger partial charge in [0.25, 0.3) is 5.92 Å². The molecule has 1 N–H and O–H groups in total. The van der Waals surface area contributed by atoms with Crippen molar-refractivity contribution in [2.24, 2.45) is 0 Å². The molecule has 2 rings (SSSR count). The molecular formula is C14H18F2N2O. The van der Waals surface area contributed by atoms with Crippen LogP contribution in [-0.2, 0) is 4.79 Å². The lowest BCUT2D eigenvalue weighted by Crippen LogP contribution is -2.33. The maximum atomic E-state index is 13.0. The van der Waals surface area contributed by atoms with Crippen LogP contribution < -0.4 is 5.32 Å². The summed E-state index contributed by atoms with van der Waals surface area (Å²) in [5, 5.41) is 2.78. The number of carbonyl (C=O) groups is 1. The second-order valence-corrected chi connectivity index (χ2v) is 5.11. The molecule has 1 aromatic rings. The van der Waals surface area contributed by atoms with Gasteiger partial charge in [0.05, 0.1) is 13.1 Å². The minimum atomic E-state index is -2.65. The molecule has 0 saturated carbocycles. The van der Waals surface area contributed by atoms with Gasteiger partial charge in [-0.25, -0.2) is 8.78 Å². The van der Waals surface area contributed by atoms with E-state index in [1.165, 1.54) is 4.90 Å². The minimum absolute atomic E-state index is 0.0168. The molecular weight excluding hydrogens is 250 g/mol. The maximum Gasteiger partial charge on any atom is 0.261 e. The highest BCUT2D eigenvalue weighted by molar-refractivity contribution is 5.93. The van der Waals surface area contributed by atoms with E-state index < -0.39 is 5.92 Å². The van der Waals surface area contributed by atoms with Crippen molar-refractivity contribution >= 4 is 11.6 Å². The molecule has 0 bridgehead atoms. The normalized spacial score (nSPS) is 18.5. The maximum absolute atomic E-state index is 13.0. The fourth-order valence-corrected chi connectivity index (χ4v) is 2.22. The van der Waals surface area contributed by atoms with Crippen molar-refractivity contribution in [2.75, 3.05) is 25.0 Å². The molecule has 1 aromatic carbocycles. The van der Waals surface area contributed by atoms with Gasteiger partial charge in [0.1, 0.15) is 0 Å². The van der Waals surface area contributed by atoms with Crippen LogP contribution >= 0.6 is 0 Å². The van der Waals surface area contributed by atoms with Gasteiger partial charge in [-0.2, -0.15) is 0 Å². The molecule has 1 heterocycles. The molecule has 1 amide bonds. The number of carbonyl (C=O) groups excluding carboxylic acids is 1. The van der Waals surface area contributed by atoms with E-state index in [0.29, 0.717) is 0 Å². The van der Waals surface area contributed by atoms with E-state index in [1.54, 1.807) is 0 Å². The third kappa shape index (κ3) is 3.50. The molecule has 1 fully saturated rings. The first-order valence-electron chi connectivity index (χ1n) is 6.34. The average Bonchev–Trinajstić information content (AvgIpc) is 2.64. The Bertz CT molecular complexity index is 488. The summed E-state index contributed by atoms with van der Waals surface area (Å²) in [6.07, 6.45) is -0.163. The Kier molecular flexibility index (Phi) is 3.85. The molecule has 0 spiro atoms. The molecule has 0 atom stereocenters. The lowest BCUT2D eigenvalue weighted by atomic mass is 10.1. The average molecular weight is 268 g/mol. The number of alkyl halides is 2. The van der Waals surface area contributed by atoms with Gasteiger partial charge >= 0.3 is 0 Å². The van der Waals surface area contributed by atoms with Gasteiger partial charge < -0.3 is 5.32 Å². The fraction of sp³-hybridized carbons (Fsp3) is 0.500. The molecule has 1 aliphatic heterocycles. The zero-order chi connectivity index (χ0) is 14.0. The number of hydrogen-bond donors (Lipinski definition) is 1. The van der Waals surface area contributed by atoms with Crippen molar-refractivity contribution in [3.8, 4) is 0 Å². The fourth-order valence-electron chi connectivity index (χ4n) is 2.22. The minimum Gasteiger partial charge on any atom is -0.325 e. The Morgan fingerprint density at radius 3 is 2.79 bits per heavy atom. The number of hydrogen-bond acceptors (Lipinski definition) is 2. The number of benzene rings is 1. The van der Waals surface area contributed by atoms with Crippen molar-refractivity contribution in [1.29, 1.82) is 0 Å². The van der Waals surface area contributed by atoms with Gasteiger partial charge in [-0.15, -0.1) is 0 Å². The lowest BCUT2D eigenvalue weighted by molar-refractivity contribution is -0.117. The molecule has 0 aromatic heterocycles. The monoisotopic (exact) mass is 268 g/mol. The van der Waals surface area contributed by atoms with Gasteiger partial charge in [-0.05, 0) is 31.0 Å². The van der Waals surface area contributed by atoms with E-state index in [1.807, 2.05) is 32.0 Å². The van der Waals surface area contributed by atoms with Crippen LogP contribution in [0.4, 0.5) is 14.5 Å². The largest absolute Gasteiger partial charge is 0.325 e. The predicted molar refractivity (Wildman–Crippen MR) is 70.5 cm³/mol. The second kappa shape index (κ2) is 5.25. The van der Waals surface area contributed by atoms with Gasteiger partial charge in [0, 0.05) is 18.7 Å². The van der Waals surface area contributed by atoms with E-state index in [0.717, 1.165) is 16.8 Å². The Hall–Kier alpha value is -1.49. The third-order valence-electron chi connectivity index (χ3n) is 3.49. The van der Waals surface area contributed by atoms with Gasteiger partial charge in [0.15, 0.2) is 0 Å². The van der Waals surface area contributed by atoms with Crippen LogP contribution in [0, 0.1) is 13.8 Å². The van der Waals surface area contributed by atoms with Crippen molar-refractivity contribution in [2.45, 2.75) is 26.2 Å². The Morgan fingerprint density at radius 2 is 2.16 bits per heavy atom. The first-order chi connectivity index (χ1) is 8.87. The first-order valence-corrected chi connectivity index (χ1v) is 6.34. The summed E-state index contributed by atoms with van der Waals surface area (Å²) < 4.78 is 26.0. The van der Waals surface area contributed by atoms with Gasteiger partial charge in [0.2, 0.25) is 5.91 Å². The summed E-state index contributed by atoms with van der Waals surface area (Å²) in [5.41, 5.74) is 2.84. The van der Waals surface area contributed by atoms with Crippen LogP contribution in [0.15, 0.2) is 18.2 Å².